The van der Waals surface area contributed by atoms with Gasteiger partial charge in [-0.2, -0.15) is 0 Å². The number of carbonyl (C=O) groups excluding carboxylic acids is 1. The van der Waals surface area contributed by atoms with Crippen LogP contribution in [0.4, 0.5) is 0 Å². The number of hydrogen-bond acceptors (Lipinski definition) is 3. The summed E-state index contributed by atoms with van der Waals surface area (Å²) in [7, 11) is 0. The molecule has 0 aliphatic rings. The molecule has 0 amide bonds. The van der Waals surface area contributed by atoms with Gasteiger partial charge in [0, 0.05) is 12.3 Å². The summed E-state index contributed by atoms with van der Waals surface area (Å²) in [6.45, 7) is 5.49. The van der Waals surface area contributed by atoms with Gasteiger partial charge in [-0.1, -0.05) is 31.8 Å². The highest BCUT2D eigenvalue weighted by Crippen LogP contribution is 1.98. The molecule has 0 aromatic heterocycles. The quantitative estimate of drug-likeness (QED) is 0.254. The van der Waals surface area contributed by atoms with Gasteiger partial charge in [0.1, 0.15) is 6.10 Å². The Hall–Kier alpha value is -1.27. The lowest BCUT2D eigenvalue weighted by atomic mass is 10.2. The van der Waals surface area contributed by atoms with Crippen LogP contribution in [0.25, 0.3) is 0 Å². The van der Waals surface area contributed by atoms with Crippen LogP contribution in [0.3, 0.4) is 0 Å². The molecule has 1 N–H and O–H groups in total. The minimum atomic E-state index is -0.531. The van der Waals surface area contributed by atoms with Gasteiger partial charge in [-0.15, -0.1) is 0 Å². The highest BCUT2D eigenvalue weighted by molar-refractivity contribution is 5.88. The van der Waals surface area contributed by atoms with Gasteiger partial charge in [0.15, 0.2) is 0 Å². The lowest BCUT2D eigenvalue weighted by Crippen LogP contribution is -2.11. The summed E-state index contributed by atoms with van der Waals surface area (Å²) in [5, 5.41) is 9.00. The molecule has 0 saturated carbocycles. The molecule has 0 spiro atoms. The second kappa shape index (κ2) is 9.92. The monoisotopic (exact) mass is 238 g/mol. The fourth-order valence-electron chi connectivity index (χ4n) is 1.15. The van der Waals surface area contributed by atoms with Crippen molar-refractivity contribution in [2.24, 2.45) is 0 Å². The van der Waals surface area contributed by atoms with E-state index in [1.807, 2.05) is 0 Å². The number of unbranched alkanes of at least 4 members (excludes halogenated alkanes) is 3. The van der Waals surface area contributed by atoms with Crippen LogP contribution in [0.15, 0.2) is 12.2 Å². The van der Waals surface area contributed by atoms with E-state index >= 15 is 0 Å². The molecule has 0 radical (unpaired) electrons. The van der Waals surface area contributed by atoms with Gasteiger partial charge in [0.05, 0.1) is 6.10 Å². The maximum absolute atomic E-state index is 11.2. The van der Waals surface area contributed by atoms with Crippen molar-refractivity contribution in [3.63, 3.8) is 0 Å². The maximum atomic E-state index is 11.2. The summed E-state index contributed by atoms with van der Waals surface area (Å²) in [5.74, 6) is 4.73. The van der Waals surface area contributed by atoms with Crippen LogP contribution in [-0.4, -0.2) is 23.3 Å². The predicted molar refractivity (Wildman–Crippen MR) is 68.3 cm³/mol. The first-order valence-corrected chi connectivity index (χ1v) is 6.12. The average Bonchev–Trinajstić information content (AvgIpc) is 2.26. The number of rotatable bonds is 6. The zero-order chi connectivity index (χ0) is 13.1. The molecule has 0 fully saturated rings. The van der Waals surface area contributed by atoms with E-state index in [1.54, 1.807) is 26.0 Å². The topological polar surface area (TPSA) is 46.5 Å². The van der Waals surface area contributed by atoms with E-state index in [0.717, 1.165) is 25.7 Å². The van der Waals surface area contributed by atoms with Gasteiger partial charge >= 0.3 is 5.97 Å². The van der Waals surface area contributed by atoms with E-state index in [4.69, 9.17) is 9.84 Å². The van der Waals surface area contributed by atoms with Crippen molar-refractivity contribution in [1.82, 2.24) is 0 Å². The molecule has 0 saturated heterocycles. The molecule has 0 rings (SSSR count). The molecule has 0 aromatic rings. The third-order valence-electron chi connectivity index (χ3n) is 2.05. The number of esters is 1. The van der Waals surface area contributed by atoms with Crippen LogP contribution in [0.2, 0.25) is 0 Å². The van der Waals surface area contributed by atoms with Crippen molar-refractivity contribution in [3.8, 4) is 11.8 Å². The maximum Gasteiger partial charge on any atom is 0.384 e. The van der Waals surface area contributed by atoms with Gasteiger partial charge in [0.25, 0.3) is 0 Å². The predicted octanol–water partition coefficient (Wildman–Crippen LogP) is 2.44. The summed E-state index contributed by atoms with van der Waals surface area (Å²) >= 11 is 0. The molecule has 0 aliphatic carbocycles. The zero-order valence-corrected chi connectivity index (χ0v) is 10.9. The molecule has 0 unspecified atom stereocenters. The summed E-state index contributed by atoms with van der Waals surface area (Å²) in [6, 6.07) is 0. The van der Waals surface area contributed by atoms with Crippen LogP contribution in [0.1, 0.15) is 46.5 Å². The van der Waals surface area contributed by atoms with Crippen molar-refractivity contribution in [1.29, 1.82) is 0 Å². The summed E-state index contributed by atoms with van der Waals surface area (Å²) < 4.78 is 5.00. The molecule has 0 aromatic carbocycles. The Bertz CT molecular complexity index is 294. The number of carbonyl (C=O) groups is 1. The molecule has 0 aliphatic heterocycles. The molecule has 2 atom stereocenters. The number of aliphatic hydroxyl groups is 1. The first-order valence-electron chi connectivity index (χ1n) is 6.12. The van der Waals surface area contributed by atoms with E-state index in [1.165, 1.54) is 0 Å². The smallest absolute Gasteiger partial charge is 0.384 e. The van der Waals surface area contributed by atoms with E-state index in [0.29, 0.717) is 0 Å². The Balaban J connectivity index is 3.84. The number of ether oxygens (including phenoxy) is 1. The highest BCUT2D eigenvalue weighted by Gasteiger charge is 2.02. The zero-order valence-electron chi connectivity index (χ0n) is 10.9. The van der Waals surface area contributed by atoms with E-state index in [9.17, 15) is 4.79 Å². The third-order valence-corrected chi connectivity index (χ3v) is 2.05. The molecule has 0 heterocycles. The van der Waals surface area contributed by atoms with Crippen molar-refractivity contribution in [2.75, 3.05) is 0 Å². The molecular weight excluding hydrogens is 216 g/mol. The third kappa shape index (κ3) is 11.0. The van der Waals surface area contributed by atoms with Gasteiger partial charge < -0.3 is 9.84 Å². The molecule has 17 heavy (non-hydrogen) atoms. The summed E-state index contributed by atoms with van der Waals surface area (Å²) in [5.41, 5.74) is 0. The largest absolute Gasteiger partial charge is 0.449 e. The fourth-order valence-corrected chi connectivity index (χ4v) is 1.15. The van der Waals surface area contributed by atoms with Crippen molar-refractivity contribution >= 4 is 5.97 Å². The van der Waals surface area contributed by atoms with Crippen LogP contribution >= 0.6 is 0 Å². The Labute approximate surface area is 104 Å². The molecule has 0 bridgehead atoms. The second-order valence-electron chi connectivity index (χ2n) is 3.99. The van der Waals surface area contributed by atoms with Gasteiger partial charge in [-0.3, -0.25) is 0 Å². The van der Waals surface area contributed by atoms with Crippen molar-refractivity contribution in [3.05, 3.63) is 12.2 Å². The molecule has 3 heteroatoms. The molecular formula is C14H22O3. The normalized spacial score (nSPS) is 13.9. The Morgan fingerprint density at radius 2 is 2.06 bits per heavy atom. The van der Waals surface area contributed by atoms with E-state index < -0.39 is 12.1 Å². The van der Waals surface area contributed by atoms with Crippen LogP contribution < -0.4 is 0 Å². The first kappa shape index (κ1) is 15.7. The SMILES string of the molecule is CCCCCC#CC(=O)O[C@H](C)C=C[C@H](C)O. The van der Waals surface area contributed by atoms with Gasteiger partial charge in [0.2, 0.25) is 0 Å². The van der Waals surface area contributed by atoms with Gasteiger partial charge in [-0.25, -0.2) is 4.79 Å². The summed E-state index contributed by atoms with van der Waals surface area (Å²) in [4.78, 5) is 11.2. The molecule has 3 nitrogen and oxygen atoms in total. The Morgan fingerprint density at radius 1 is 1.35 bits per heavy atom. The highest BCUT2D eigenvalue weighted by atomic mass is 16.5. The van der Waals surface area contributed by atoms with Crippen LogP contribution in [0, 0.1) is 11.8 Å². The van der Waals surface area contributed by atoms with E-state index in [2.05, 4.69) is 18.8 Å². The average molecular weight is 238 g/mol. The van der Waals surface area contributed by atoms with Gasteiger partial charge in [-0.05, 0) is 26.3 Å². The van der Waals surface area contributed by atoms with Crippen LogP contribution in [-0.2, 0) is 9.53 Å². The number of aliphatic hydroxyl groups excluding tert-OH is 1. The Morgan fingerprint density at radius 3 is 2.65 bits per heavy atom. The summed E-state index contributed by atoms with van der Waals surface area (Å²) in [6.07, 6.45) is 6.37. The lowest BCUT2D eigenvalue weighted by Gasteiger charge is -2.05. The standard InChI is InChI=1S/C14H22O3/c1-4-5-6-7-8-9-14(16)17-13(3)11-10-12(2)15/h10-13,15H,4-7H2,1-3H3/t12-,13+/m0/s1. The van der Waals surface area contributed by atoms with Crippen molar-refractivity contribution in [2.45, 2.75) is 58.7 Å². The first-order chi connectivity index (χ1) is 8.06. The second-order valence-corrected chi connectivity index (χ2v) is 3.99. The minimum Gasteiger partial charge on any atom is -0.449 e. The van der Waals surface area contributed by atoms with Crippen molar-refractivity contribution < 1.29 is 14.6 Å². The van der Waals surface area contributed by atoms with Crippen LogP contribution in [0.5, 0.6) is 0 Å². The number of hydrogen-bond donors (Lipinski definition) is 1. The minimum absolute atomic E-state index is 0.359. The lowest BCUT2D eigenvalue weighted by molar-refractivity contribution is -0.139. The van der Waals surface area contributed by atoms with E-state index in [-0.39, 0.29) is 6.10 Å². The Kier molecular flexibility index (Phi) is 9.18. The fraction of sp³-hybridized carbons (Fsp3) is 0.643. The molecule has 96 valence electrons.